The van der Waals surface area contributed by atoms with Crippen LogP contribution in [0.4, 0.5) is 49.6 Å². The lowest BCUT2D eigenvalue weighted by Gasteiger charge is -2.36. The van der Waals surface area contributed by atoms with Gasteiger partial charge in [0.15, 0.2) is 17.4 Å². The molecule has 3 aliphatic heterocycles. The fraction of sp³-hybridized carbons (Fsp3) is 0.429. The summed E-state index contributed by atoms with van der Waals surface area (Å²) in [4.78, 5) is 42.5. The van der Waals surface area contributed by atoms with Gasteiger partial charge in [0, 0.05) is 74.5 Å². The van der Waals surface area contributed by atoms with E-state index in [-0.39, 0.29) is 99.6 Å². The number of sulfonamides is 2. The number of anilines is 1. The quantitative estimate of drug-likeness (QED) is 0.0919. The van der Waals surface area contributed by atoms with Crippen LogP contribution in [0.25, 0.3) is 11.3 Å². The fourth-order valence-corrected chi connectivity index (χ4v) is 12.1. The zero-order valence-electron chi connectivity index (χ0n) is 38.7. The Hall–Kier alpha value is -5.92. The van der Waals surface area contributed by atoms with Crippen molar-refractivity contribution in [1.82, 2.24) is 28.5 Å². The number of aryl methyl sites for hydroxylation is 2. The Morgan fingerprint density at radius 1 is 0.676 bits per heavy atom. The van der Waals surface area contributed by atoms with Crippen LogP contribution in [0.1, 0.15) is 70.0 Å². The number of carbonyl (C=O) groups excluding carboxylic acids is 2. The first kappa shape index (κ1) is 57.4. The smallest absolute Gasteiger partial charge is 0.369 e. The molecule has 0 amide bonds. The molecule has 0 spiro atoms. The number of benzene rings is 2. The van der Waals surface area contributed by atoms with Gasteiger partial charge in [0.2, 0.25) is 26.0 Å². The first-order valence-electron chi connectivity index (χ1n) is 22.8. The summed E-state index contributed by atoms with van der Waals surface area (Å²) in [6, 6.07) is 10.3. The summed E-state index contributed by atoms with van der Waals surface area (Å²) in [5.74, 6) is -6.61. The first-order valence-corrected chi connectivity index (χ1v) is 25.7. The Balaban J connectivity index is 0.000000238. The van der Waals surface area contributed by atoms with E-state index < -0.39 is 104 Å². The number of nitrogens with zero attached hydrogens (tertiary/aromatic N) is 7. The second kappa shape index (κ2) is 23.3. The number of rotatable bonds is 15. The number of aromatic nitrogens is 4. The van der Waals surface area contributed by atoms with Gasteiger partial charge < -0.3 is 4.90 Å². The highest BCUT2D eigenvalue weighted by Gasteiger charge is 2.46. The third-order valence-electron chi connectivity index (χ3n) is 12.8. The predicted molar refractivity (Wildman–Crippen MR) is 251 cm³/mol. The van der Waals surface area contributed by atoms with Crippen LogP contribution in [0.3, 0.4) is 0 Å². The number of carbonyl (C=O) groups is 2. The molecule has 6 heterocycles. The minimum atomic E-state index is -4.58. The van der Waals surface area contributed by atoms with Crippen molar-refractivity contribution in [3.8, 4) is 11.3 Å². The van der Waals surface area contributed by atoms with Gasteiger partial charge in [0.1, 0.15) is 42.0 Å². The van der Waals surface area contributed by atoms with Crippen molar-refractivity contribution < 1.29 is 70.3 Å². The highest BCUT2D eigenvalue weighted by Crippen LogP contribution is 2.36. The normalized spacial score (nSPS) is 20.2. The summed E-state index contributed by atoms with van der Waals surface area (Å²) in [6.07, 6.45) is -4.95. The van der Waals surface area contributed by atoms with E-state index in [9.17, 15) is 70.3 Å². The Labute approximate surface area is 421 Å². The van der Waals surface area contributed by atoms with E-state index >= 15 is 0 Å². The number of hydrogen-bond donors (Lipinski definition) is 0. The molecule has 8 rings (SSSR count). The average Bonchev–Trinajstić information content (AvgIpc) is 3.96. The van der Waals surface area contributed by atoms with Crippen LogP contribution in [0.15, 0.2) is 101 Å². The molecule has 74 heavy (non-hydrogen) atoms. The van der Waals surface area contributed by atoms with Crippen molar-refractivity contribution in [2.24, 2.45) is 5.92 Å². The van der Waals surface area contributed by atoms with Crippen LogP contribution in [-0.4, -0.2) is 113 Å². The van der Waals surface area contributed by atoms with Crippen molar-refractivity contribution in [2.45, 2.75) is 112 Å². The number of pyridine rings is 2. The summed E-state index contributed by atoms with van der Waals surface area (Å²) in [5.41, 5.74) is 0.460. The molecule has 2 aromatic carbocycles. The summed E-state index contributed by atoms with van der Waals surface area (Å²) < 4.78 is 189. The number of alkyl halides is 7. The van der Waals surface area contributed by atoms with Gasteiger partial charge in [0.05, 0.1) is 33.4 Å². The van der Waals surface area contributed by atoms with Crippen LogP contribution >= 0.6 is 0 Å². The van der Waals surface area contributed by atoms with Crippen molar-refractivity contribution in [3.05, 3.63) is 126 Å². The Bertz CT molecular complexity index is 2980. The van der Waals surface area contributed by atoms with E-state index in [0.717, 1.165) is 82.5 Å². The lowest BCUT2D eigenvalue weighted by atomic mass is 9.91. The van der Waals surface area contributed by atoms with Crippen LogP contribution < -0.4 is 4.90 Å². The number of ketones is 2. The second-order valence-corrected chi connectivity index (χ2v) is 21.6. The highest BCUT2D eigenvalue weighted by molar-refractivity contribution is 7.89. The second-order valence-electron chi connectivity index (χ2n) is 17.8. The summed E-state index contributed by atoms with van der Waals surface area (Å²) in [5, 5.41) is 0. The average molecular weight is 1090 g/mol. The third kappa shape index (κ3) is 13.5. The summed E-state index contributed by atoms with van der Waals surface area (Å²) >= 11 is 0. The van der Waals surface area contributed by atoms with Gasteiger partial charge in [0.25, 0.3) is 0 Å². The molecule has 4 atom stereocenters. The van der Waals surface area contributed by atoms with E-state index in [1.807, 2.05) is 0 Å². The minimum Gasteiger partial charge on any atom is -0.369 e. The molecule has 5 aromatic rings. The lowest BCUT2D eigenvalue weighted by Crippen LogP contribution is -2.44. The van der Waals surface area contributed by atoms with Crippen molar-refractivity contribution in [1.29, 1.82) is 0 Å². The maximum absolute atomic E-state index is 14.6. The first-order chi connectivity index (χ1) is 34.3. The molecule has 0 radical (unpaired) electrons. The molecule has 0 bridgehead atoms. The SMILES string of the molecule is C.CC(F)(F)C1CCN(c2cc(CCC(=O)[C@@H]3C[C@@H](F)CN3S(=O)(=O)c3ccc(F)cc3)ncc2F)CC1.O=C(CCc1cc(-c2ccc(C(F)(F)F)nc2)ncn1)[C@@H]1[C@H](F)CCN1S(=O)(=O)c1ccc(F)cc1. The maximum Gasteiger partial charge on any atom is 0.433 e. The molecule has 0 saturated carbocycles. The van der Waals surface area contributed by atoms with E-state index in [0.29, 0.717) is 17.0 Å². The molecule has 0 N–H and O–H groups in total. The number of halogens is 10. The minimum absolute atomic E-state index is 0. The van der Waals surface area contributed by atoms with E-state index in [2.05, 4.69) is 19.9 Å². The lowest BCUT2D eigenvalue weighted by molar-refractivity contribution is -0.141. The molecule has 3 fully saturated rings. The molecule has 3 saturated heterocycles. The van der Waals surface area contributed by atoms with E-state index in [1.54, 1.807) is 4.90 Å². The molecule has 3 aromatic heterocycles. The van der Waals surface area contributed by atoms with Crippen LogP contribution in [0.2, 0.25) is 0 Å². The number of piperidine rings is 1. The largest absolute Gasteiger partial charge is 0.433 e. The fourth-order valence-electron chi connectivity index (χ4n) is 8.86. The standard InChI is InChI=1S/C25H28F5N3O3S.C23H19F5N4O3S.CH4/c1-25(29,30)16-8-10-32(11-9-16)22-13-19(31-14-21(22)28)4-7-24(34)23-12-18(27)15-33(23)37(35,36)20-5-2-17(26)3-6-20;24-15-2-5-17(6-3-15)36(34,35)32-10-9-18(25)22(32)20(33)7-4-16-11-19(31-13-30-16)14-1-8-21(29-12-14)23(26,27)28;/h2-3,5-6,13-14,16,18,23H,4,7-12,15H2,1H3;1-3,5-6,8,11-13,18,22H,4,7,9-10H2;1H4/t18-,23+;18-,22+;/m11./s1. The molecule has 0 unspecified atom stereocenters. The van der Waals surface area contributed by atoms with Crippen molar-refractivity contribution in [3.63, 3.8) is 0 Å². The van der Waals surface area contributed by atoms with Crippen LogP contribution in [0, 0.1) is 23.4 Å². The maximum atomic E-state index is 14.6. The Morgan fingerprint density at radius 2 is 1.24 bits per heavy atom. The molecular formula is C49H51F10N7O6S2. The van der Waals surface area contributed by atoms with Gasteiger partial charge in [-0.15, -0.1) is 0 Å². The Kier molecular flexibility index (Phi) is 18.1. The molecule has 13 nitrogen and oxygen atoms in total. The van der Waals surface area contributed by atoms with Gasteiger partial charge in [-0.25, -0.2) is 57.5 Å². The van der Waals surface area contributed by atoms with Crippen molar-refractivity contribution in [2.75, 3.05) is 31.1 Å². The topological polar surface area (TPSA) is 164 Å². The van der Waals surface area contributed by atoms with Gasteiger partial charge in [-0.05, 0) is 112 Å². The molecular weight excluding hydrogens is 1040 g/mol. The Morgan fingerprint density at radius 3 is 1.80 bits per heavy atom. The number of hydrogen-bond acceptors (Lipinski definition) is 11. The van der Waals surface area contributed by atoms with Crippen LogP contribution in [0.5, 0.6) is 0 Å². The molecule has 25 heteroatoms. The van der Waals surface area contributed by atoms with Gasteiger partial charge in [-0.3, -0.25) is 19.6 Å². The molecule has 3 aliphatic rings. The highest BCUT2D eigenvalue weighted by atomic mass is 32.2. The predicted octanol–water partition coefficient (Wildman–Crippen LogP) is 9.17. The third-order valence-corrected chi connectivity index (χ3v) is 16.6. The summed E-state index contributed by atoms with van der Waals surface area (Å²) in [7, 11) is -8.46. The monoisotopic (exact) mass is 1090 g/mol. The van der Waals surface area contributed by atoms with Gasteiger partial charge >= 0.3 is 6.18 Å². The summed E-state index contributed by atoms with van der Waals surface area (Å²) in [6.45, 7) is 0.710. The van der Waals surface area contributed by atoms with Crippen LogP contribution in [-0.2, 0) is 48.7 Å². The van der Waals surface area contributed by atoms with E-state index in [1.165, 1.54) is 24.5 Å². The van der Waals surface area contributed by atoms with E-state index in [4.69, 9.17) is 0 Å². The van der Waals surface area contributed by atoms with Crippen molar-refractivity contribution >= 4 is 37.3 Å². The zero-order valence-corrected chi connectivity index (χ0v) is 40.3. The zero-order chi connectivity index (χ0) is 53.0. The van der Waals surface area contributed by atoms with Gasteiger partial charge in [-0.1, -0.05) is 7.43 Å². The number of Topliss-reactive ketones (excluding diaryl/α,β-unsaturated/α-hetero) is 2. The molecule has 0 aliphatic carbocycles. The van der Waals surface area contributed by atoms with Gasteiger partial charge in [-0.2, -0.15) is 21.8 Å². The molecule has 400 valence electrons.